The molecule has 35 heavy (non-hydrogen) atoms. The van der Waals surface area contributed by atoms with E-state index in [0.717, 1.165) is 25.7 Å². The Balaban J connectivity index is 1.59. The van der Waals surface area contributed by atoms with Gasteiger partial charge in [-0.2, -0.15) is 0 Å². The fourth-order valence-electron chi connectivity index (χ4n) is 5.21. The monoisotopic (exact) mass is 469 g/mol. The molecule has 3 atom stereocenters. The second kappa shape index (κ2) is 10.9. The third kappa shape index (κ3) is 5.64. The van der Waals surface area contributed by atoms with Crippen LogP contribution in [0, 0.1) is 5.92 Å². The van der Waals surface area contributed by atoms with Gasteiger partial charge in [0.1, 0.15) is 6.10 Å². The van der Waals surface area contributed by atoms with Crippen molar-refractivity contribution in [2.45, 2.75) is 63.5 Å². The summed E-state index contributed by atoms with van der Waals surface area (Å²) in [6.07, 6.45) is 5.63. The second-order valence-corrected chi connectivity index (χ2v) is 10.0. The summed E-state index contributed by atoms with van der Waals surface area (Å²) in [7, 11) is 0. The molecule has 3 aromatic carbocycles. The fraction of sp³-hybridized carbons (Fsp3) is 0.355. The predicted octanol–water partition coefficient (Wildman–Crippen LogP) is 6.81. The molecule has 1 aliphatic carbocycles. The van der Waals surface area contributed by atoms with Crippen molar-refractivity contribution in [1.29, 1.82) is 0 Å². The number of fused-ring (bicyclic) bond motifs is 1. The lowest BCUT2D eigenvalue weighted by atomic mass is 9.80. The van der Waals surface area contributed by atoms with E-state index < -0.39 is 11.5 Å². The summed E-state index contributed by atoms with van der Waals surface area (Å²) >= 11 is 0. The first-order valence-electron chi connectivity index (χ1n) is 12.6. The highest BCUT2D eigenvalue weighted by molar-refractivity contribution is 5.99. The van der Waals surface area contributed by atoms with Gasteiger partial charge >= 0.3 is 5.97 Å². The minimum absolute atomic E-state index is 0.128. The first-order valence-corrected chi connectivity index (χ1v) is 12.6. The molecule has 3 aromatic rings. The molecule has 1 amide bonds. The lowest BCUT2D eigenvalue weighted by Gasteiger charge is -2.36. The number of rotatable bonds is 8. The molecule has 1 saturated carbocycles. The zero-order valence-corrected chi connectivity index (χ0v) is 20.7. The highest BCUT2D eigenvalue weighted by atomic mass is 16.5. The Bertz CT molecular complexity index is 1190. The van der Waals surface area contributed by atoms with Crippen molar-refractivity contribution in [3.63, 3.8) is 0 Å². The Kier molecular flexibility index (Phi) is 7.70. The summed E-state index contributed by atoms with van der Waals surface area (Å²) in [4.78, 5) is 26.8. The summed E-state index contributed by atoms with van der Waals surface area (Å²) in [6, 6.07) is 23.8. The summed E-state index contributed by atoms with van der Waals surface area (Å²) in [5, 5.41) is 5.36. The second-order valence-electron chi connectivity index (χ2n) is 10.0. The first kappa shape index (κ1) is 24.7. The van der Waals surface area contributed by atoms with Crippen LogP contribution in [0.5, 0.6) is 0 Å². The fourth-order valence-corrected chi connectivity index (χ4v) is 5.21. The summed E-state index contributed by atoms with van der Waals surface area (Å²) < 4.78 is 6.24. The molecule has 0 saturated heterocycles. The maximum Gasteiger partial charge on any atom is 0.336 e. The Hall–Kier alpha value is -3.40. The van der Waals surface area contributed by atoms with Crippen molar-refractivity contribution >= 4 is 22.6 Å². The van der Waals surface area contributed by atoms with Gasteiger partial charge in [-0.25, -0.2) is 4.79 Å². The Morgan fingerprint density at radius 3 is 2.40 bits per heavy atom. The van der Waals surface area contributed by atoms with E-state index >= 15 is 0 Å². The van der Waals surface area contributed by atoms with Crippen LogP contribution >= 0.6 is 0 Å². The standard InChI is InChI=1S/C31H35NO3/c1-4-31(21-22(2)3,32-29(33)24-13-6-5-7-14-24)30(34)35-28-17-11-10-16-27(28)26-19-18-23-12-8-9-15-25(23)20-26/h4-9,12-15,18-20,22,27-28H,1,10-11,16-17,21H2,2-3H3,(H,32,33)/t27-,28+,31-/m0/s1. The predicted molar refractivity (Wildman–Crippen MR) is 141 cm³/mol. The number of esters is 1. The van der Waals surface area contributed by atoms with Crippen molar-refractivity contribution in [2.24, 2.45) is 5.92 Å². The van der Waals surface area contributed by atoms with Crippen molar-refractivity contribution in [3.8, 4) is 0 Å². The van der Waals surface area contributed by atoms with Gasteiger partial charge in [-0.1, -0.05) is 87.0 Å². The van der Waals surface area contributed by atoms with Crippen molar-refractivity contribution < 1.29 is 14.3 Å². The van der Waals surface area contributed by atoms with Crippen LogP contribution in [0.4, 0.5) is 0 Å². The molecule has 0 spiro atoms. The van der Waals surface area contributed by atoms with Crippen LogP contribution in [0.25, 0.3) is 10.8 Å². The molecule has 0 heterocycles. The molecule has 1 aliphatic rings. The summed E-state index contributed by atoms with van der Waals surface area (Å²) in [5.41, 5.74) is 0.413. The highest BCUT2D eigenvalue weighted by Gasteiger charge is 2.42. The van der Waals surface area contributed by atoms with Crippen LogP contribution < -0.4 is 5.32 Å². The Morgan fingerprint density at radius 1 is 1.00 bits per heavy atom. The van der Waals surface area contributed by atoms with E-state index in [0.29, 0.717) is 12.0 Å². The molecule has 0 bridgehead atoms. The average molecular weight is 470 g/mol. The van der Waals surface area contributed by atoms with Crippen molar-refractivity contribution in [2.75, 3.05) is 0 Å². The number of hydrogen-bond acceptors (Lipinski definition) is 3. The van der Waals surface area contributed by atoms with Crippen LogP contribution in [-0.2, 0) is 9.53 Å². The van der Waals surface area contributed by atoms with Gasteiger partial charge in [0.05, 0.1) is 0 Å². The summed E-state index contributed by atoms with van der Waals surface area (Å²) in [5.74, 6) is -0.455. The topological polar surface area (TPSA) is 55.4 Å². The number of carbonyl (C=O) groups excluding carboxylic acids is 2. The molecule has 0 aliphatic heterocycles. The van der Waals surface area contributed by atoms with Gasteiger partial charge < -0.3 is 10.1 Å². The lowest BCUT2D eigenvalue weighted by molar-refractivity contribution is -0.158. The third-order valence-corrected chi connectivity index (χ3v) is 6.98. The number of ether oxygens (including phenoxy) is 1. The minimum Gasteiger partial charge on any atom is -0.460 e. The van der Waals surface area contributed by atoms with Crippen LogP contribution in [0.1, 0.15) is 67.8 Å². The number of benzene rings is 3. The molecule has 0 radical (unpaired) electrons. The van der Waals surface area contributed by atoms with E-state index in [2.05, 4.69) is 42.2 Å². The maximum absolute atomic E-state index is 13.7. The SMILES string of the molecule is C=C[C@@](CC(C)C)(NC(=O)c1ccccc1)C(=O)O[C@@H]1CCCC[C@H]1c1ccc2ccccc2c1. The van der Waals surface area contributed by atoms with Gasteiger partial charge in [0.25, 0.3) is 5.91 Å². The maximum atomic E-state index is 13.7. The van der Waals surface area contributed by atoms with Gasteiger partial charge in [0, 0.05) is 11.5 Å². The zero-order chi connectivity index (χ0) is 24.8. The molecule has 1 fully saturated rings. The Labute approximate surface area is 208 Å². The quantitative estimate of drug-likeness (QED) is 0.291. The minimum atomic E-state index is -1.29. The van der Waals surface area contributed by atoms with Gasteiger partial charge in [0.15, 0.2) is 5.54 Å². The van der Waals surface area contributed by atoms with Crippen LogP contribution in [0.3, 0.4) is 0 Å². The smallest absolute Gasteiger partial charge is 0.336 e. The van der Waals surface area contributed by atoms with Crippen molar-refractivity contribution in [1.82, 2.24) is 5.32 Å². The van der Waals surface area contributed by atoms with Gasteiger partial charge in [-0.15, -0.1) is 6.58 Å². The van der Waals surface area contributed by atoms with E-state index in [1.54, 1.807) is 18.2 Å². The van der Waals surface area contributed by atoms with Gasteiger partial charge in [-0.05, 0) is 60.1 Å². The number of amides is 1. The summed E-state index contributed by atoms with van der Waals surface area (Å²) in [6.45, 7) is 8.00. The molecule has 4 heteroatoms. The Morgan fingerprint density at radius 2 is 1.69 bits per heavy atom. The van der Waals surface area contributed by atoms with E-state index in [-0.39, 0.29) is 23.8 Å². The number of hydrogen-bond donors (Lipinski definition) is 1. The number of nitrogens with one attached hydrogen (secondary N) is 1. The van der Waals surface area contributed by atoms with E-state index in [1.165, 1.54) is 16.3 Å². The van der Waals surface area contributed by atoms with E-state index in [1.807, 2.05) is 44.2 Å². The molecule has 182 valence electrons. The average Bonchev–Trinajstić information content (AvgIpc) is 2.88. The van der Waals surface area contributed by atoms with Gasteiger partial charge in [-0.3, -0.25) is 4.79 Å². The largest absolute Gasteiger partial charge is 0.460 e. The molecular weight excluding hydrogens is 434 g/mol. The van der Waals surface area contributed by atoms with E-state index in [4.69, 9.17) is 4.74 Å². The first-order chi connectivity index (χ1) is 16.9. The highest BCUT2D eigenvalue weighted by Crippen LogP contribution is 2.37. The normalized spacial score (nSPS) is 19.6. The van der Waals surface area contributed by atoms with E-state index in [9.17, 15) is 9.59 Å². The van der Waals surface area contributed by atoms with Crippen molar-refractivity contribution in [3.05, 3.63) is 96.6 Å². The molecule has 0 aromatic heterocycles. The third-order valence-electron chi connectivity index (χ3n) is 6.98. The molecule has 4 nitrogen and oxygen atoms in total. The molecule has 0 unspecified atom stereocenters. The van der Waals surface area contributed by atoms with Gasteiger partial charge in [0.2, 0.25) is 0 Å². The van der Waals surface area contributed by atoms with Crippen LogP contribution in [0.15, 0.2) is 85.5 Å². The number of carbonyl (C=O) groups is 2. The van der Waals surface area contributed by atoms with Crippen LogP contribution in [-0.4, -0.2) is 23.5 Å². The molecular formula is C31H35NO3. The lowest BCUT2D eigenvalue weighted by Crippen LogP contribution is -2.55. The molecule has 4 rings (SSSR count). The van der Waals surface area contributed by atoms with Crippen LogP contribution in [0.2, 0.25) is 0 Å². The zero-order valence-electron chi connectivity index (χ0n) is 20.7. The molecule has 1 N–H and O–H groups in total.